The summed E-state index contributed by atoms with van der Waals surface area (Å²) in [7, 11) is 1.75. The predicted molar refractivity (Wildman–Crippen MR) is 85.4 cm³/mol. The van der Waals surface area contributed by atoms with Gasteiger partial charge in [-0.15, -0.1) is 11.3 Å². The number of hydrogen-bond donors (Lipinski definition) is 1. The molecule has 1 aromatic rings. The van der Waals surface area contributed by atoms with E-state index in [0.717, 1.165) is 19.6 Å². The Morgan fingerprint density at radius 1 is 1.30 bits per heavy atom. The van der Waals surface area contributed by atoms with Crippen LogP contribution in [0.2, 0.25) is 0 Å². The van der Waals surface area contributed by atoms with Crippen molar-refractivity contribution in [3.63, 3.8) is 0 Å². The van der Waals surface area contributed by atoms with Gasteiger partial charge in [-0.3, -0.25) is 0 Å². The summed E-state index contributed by atoms with van der Waals surface area (Å²) in [5, 5.41) is 4.91. The predicted octanol–water partition coefficient (Wildman–Crippen LogP) is 3.74. The second kappa shape index (κ2) is 7.01. The summed E-state index contributed by atoms with van der Waals surface area (Å²) in [5.41, 5.74) is 1.67. The van der Waals surface area contributed by atoms with Crippen LogP contribution in [-0.4, -0.2) is 25.2 Å². The van der Waals surface area contributed by atoms with Crippen LogP contribution in [-0.2, 0) is 17.6 Å². The van der Waals surface area contributed by atoms with Crippen LogP contribution in [0.15, 0.2) is 0 Å². The number of thiazole rings is 1. The molecule has 0 spiro atoms. The lowest BCUT2D eigenvalue weighted by molar-refractivity contribution is 0.190. The fraction of sp³-hybridized carbons (Fsp3) is 0.812. The minimum Gasteiger partial charge on any atom is -0.383 e. The molecule has 1 aliphatic carbocycles. The molecule has 0 saturated carbocycles. The average molecular weight is 296 g/mol. The summed E-state index contributed by atoms with van der Waals surface area (Å²) in [4.78, 5) is 6.46. The lowest BCUT2D eigenvalue weighted by atomic mass is 9.88. The molecule has 1 N–H and O–H groups in total. The Hall–Kier alpha value is -0.450. The maximum atomic E-state index is 5.16. The first kappa shape index (κ1) is 15.9. The molecule has 0 bridgehead atoms. The third-order valence-electron chi connectivity index (χ3n) is 3.67. The molecule has 4 heteroatoms. The molecule has 2 rings (SSSR count). The van der Waals surface area contributed by atoms with Crippen LogP contribution in [0.5, 0.6) is 0 Å². The molecule has 1 heterocycles. The maximum Gasteiger partial charge on any atom is 0.110 e. The van der Waals surface area contributed by atoms with Gasteiger partial charge in [0.2, 0.25) is 0 Å². The van der Waals surface area contributed by atoms with Gasteiger partial charge < -0.3 is 10.1 Å². The van der Waals surface area contributed by atoms with Crippen molar-refractivity contribution in [1.29, 1.82) is 0 Å². The van der Waals surface area contributed by atoms with Crippen LogP contribution >= 0.6 is 11.3 Å². The van der Waals surface area contributed by atoms with Crippen LogP contribution in [0.4, 0.5) is 0 Å². The molecule has 1 aromatic heterocycles. The average Bonchev–Trinajstić information content (AvgIpc) is 2.80. The first-order valence-electron chi connectivity index (χ1n) is 7.70. The van der Waals surface area contributed by atoms with Gasteiger partial charge in [0.15, 0.2) is 0 Å². The second-order valence-corrected chi connectivity index (χ2v) is 8.01. The van der Waals surface area contributed by atoms with Crippen molar-refractivity contribution in [3.8, 4) is 0 Å². The Morgan fingerprint density at radius 2 is 2.05 bits per heavy atom. The number of nitrogens with one attached hydrogen (secondary N) is 1. The first-order chi connectivity index (χ1) is 9.49. The van der Waals surface area contributed by atoms with Crippen LogP contribution in [0.3, 0.4) is 0 Å². The van der Waals surface area contributed by atoms with Crippen molar-refractivity contribution in [1.82, 2.24) is 10.3 Å². The van der Waals surface area contributed by atoms with E-state index in [1.807, 2.05) is 11.3 Å². The van der Waals surface area contributed by atoms with Crippen LogP contribution in [0, 0.1) is 5.41 Å². The van der Waals surface area contributed by atoms with Crippen LogP contribution < -0.4 is 5.32 Å². The van der Waals surface area contributed by atoms with E-state index in [4.69, 9.17) is 9.72 Å². The summed E-state index contributed by atoms with van der Waals surface area (Å²) >= 11 is 1.93. The zero-order chi connectivity index (χ0) is 14.6. The lowest BCUT2D eigenvalue weighted by Crippen LogP contribution is -2.28. The van der Waals surface area contributed by atoms with Gasteiger partial charge in [0, 0.05) is 18.5 Å². The van der Waals surface area contributed by atoms with Gasteiger partial charge in [-0.1, -0.05) is 20.8 Å². The third kappa shape index (κ3) is 4.54. The molecule has 3 nitrogen and oxygen atoms in total. The van der Waals surface area contributed by atoms with Gasteiger partial charge >= 0.3 is 0 Å². The Morgan fingerprint density at radius 3 is 2.70 bits per heavy atom. The van der Waals surface area contributed by atoms with E-state index in [2.05, 4.69) is 26.1 Å². The van der Waals surface area contributed by atoms with E-state index in [-0.39, 0.29) is 0 Å². The number of fused-ring (bicyclic) bond motifs is 1. The number of methoxy groups -OCH3 is 1. The van der Waals surface area contributed by atoms with E-state index >= 15 is 0 Å². The highest BCUT2D eigenvalue weighted by Gasteiger charge is 2.24. The topological polar surface area (TPSA) is 34.1 Å². The van der Waals surface area contributed by atoms with E-state index in [9.17, 15) is 0 Å². The minimum absolute atomic E-state index is 0.302. The van der Waals surface area contributed by atoms with Gasteiger partial charge in [-0.05, 0) is 37.5 Å². The summed E-state index contributed by atoms with van der Waals surface area (Å²) < 4.78 is 5.16. The van der Waals surface area contributed by atoms with Crippen LogP contribution in [0.1, 0.15) is 61.7 Å². The van der Waals surface area contributed by atoms with Gasteiger partial charge in [0.05, 0.1) is 18.3 Å². The molecule has 20 heavy (non-hydrogen) atoms. The van der Waals surface area contributed by atoms with Gasteiger partial charge in [0.25, 0.3) is 0 Å². The van der Waals surface area contributed by atoms with Crippen molar-refractivity contribution in [2.24, 2.45) is 5.41 Å². The van der Waals surface area contributed by atoms with E-state index in [1.165, 1.54) is 41.3 Å². The Bertz CT molecular complexity index is 399. The number of rotatable bonds is 6. The molecule has 114 valence electrons. The molecular weight excluding hydrogens is 268 g/mol. The number of aryl methyl sites for hydroxylation is 2. The zero-order valence-corrected chi connectivity index (χ0v) is 14.1. The van der Waals surface area contributed by atoms with Gasteiger partial charge in [-0.25, -0.2) is 4.98 Å². The van der Waals surface area contributed by atoms with Gasteiger partial charge in [0.1, 0.15) is 5.01 Å². The highest BCUT2D eigenvalue weighted by atomic mass is 32.1. The van der Waals surface area contributed by atoms with E-state index in [0.29, 0.717) is 11.5 Å². The number of nitrogens with zero attached hydrogens (tertiary/aromatic N) is 1. The highest BCUT2D eigenvalue weighted by molar-refractivity contribution is 7.11. The van der Waals surface area contributed by atoms with Crippen molar-refractivity contribution < 1.29 is 4.74 Å². The van der Waals surface area contributed by atoms with Crippen molar-refractivity contribution in [3.05, 3.63) is 15.6 Å². The molecule has 1 unspecified atom stereocenters. The highest BCUT2D eigenvalue weighted by Crippen LogP contribution is 2.35. The molecule has 0 amide bonds. The van der Waals surface area contributed by atoms with Crippen LogP contribution in [0.25, 0.3) is 0 Å². The zero-order valence-electron chi connectivity index (χ0n) is 13.3. The minimum atomic E-state index is 0.302. The summed E-state index contributed by atoms with van der Waals surface area (Å²) in [6, 6.07) is 0.362. The summed E-state index contributed by atoms with van der Waals surface area (Å²) in [6.45, 7) is 8.54. The fourth-order valence-corrected chi connectivity index (χ4v) is 3.94. The monoisotopic (exact) mass is 296 g/mol. The smallest absolute Gasteiger partial charge is 0.110 e. The maximum absolute atomic E-state index is 5.16. The fourth-order valence-electron chi connectivity index (χ4n) is 2.72. The van der Waals surface area contributed by atoms with Crippen molar-refractivity contribution in [2.75, 3.05) is 20.3 Å². The summed E-state index contributed by atoms with van der Waals surface area (Å²) in [5.74, 6) is 0. The molecule has 0 aromatic carbocycles. The largest absolute Gasteiger partial charge is 0.383 e. The molecular formula is C16H28N2OS. The standard InChI is InChI=1S/C16H28N2OS/c1-16(2,3)11-13(17-9-10-19-4)15-18-12-7-5-6-8-14(12)20-15/h13,17H,5-11H2,1-4H3. The van der Waals surface area contributed by atoms with E-state index < -0.39 is 0 Å². The molecule has 0 saturated heterocycles. The molecule has 1 atom stereocenters. The number of aromatic nitrogens is 1. The Labute approximate surface area is 127 Å². The molecule has 0 aliphatic heterocycles. The van der Waals surface area contributed by atoms with Crippen molar-refractivity contribution >= 4 is 11.3 Å². The lowest BCUT2D eigenvalue weighted by Gasteiger charge is -2.25. The third-order valence-corrected chi connectivity index (χ3v) is 4.94. The Kier molecular flexibility index (Phi) is 5.58. The summed E-state index contributed by atoms with van der Waals surface area (Å²) in [6.07, 6.45) is 6.15. The quantitative estimate of drug-likeness (QED) is 0.812. The molecule has 0 radical (unpaired) electrons. The van der Waals surface area contributed by atoms with E-state index in [1.54, 1.807) is 7.11 Å². The second-order valence-electron chi connectivity index (χ2n) is 6.89. The molecule has 0 fully saturated rings. The van der Waals surface area contributed by atoms with Crippen molar-refractivity contribution in [2.45, 2.75) is 58.9 Å². The number of hydrogen-bond acceptors (Lipinski definition) is 4. The molecule has 1 aliphatic rings. The number of ether oxygens (including phenoxy) is 1. The Balaban J connectivity index is 2.10. The normalized spacial score (nSPS) is 17.0. The first-order valence-corrected chi connectivity index (χ1v) is 8.52. The SMILES string of the molecule is COCCNC(CC(C)(C)C)c1nc2c(s1)CCCC2. The van der Waals surface area contributed by atoms with Gasteiger partial charge in [-0.2, -0.15) is 0 Å².